The Balaban J connectivity index is 1.49. The number of nitrogens with zero attached hydrogens (tertiary/aromatic N) is 2. The summed E-state index contributed by atoms with van der Waals surface area (Å²) >= 11 is 1.66. The van der Waals surface area contributed by atoms with Gasteiger partial charge in [-0.05, 0) is 47.4 Å². The third kappa shape index (κ3) is 3.95. The van der Waals surface area contributed by atoms with E-state index in [0.29, 0.717) is 12.1 Å². The van der Waals surface area contributed by atoms with Gasteiger partial charge < -0.3 is 4.90 Å². The van der Waals surface area contributed by atoms with Gasteiger partial charge in [-0.15, -0.1) is 11.8 Å². The minimum absolute atomic E-state index is 0.0948. The van der Waals surface area contributed by atoms with E-state index in [-0.39, 0.29) is 5.91 Å². The number of hydrogen-bond acceptors (Lipinski definition) is 3. The molecule has 4 rings (SSSR count). The Morgan fingerprint density at radius 3 is 2.46 bits per heavy atom. The minimum atomic E-state index is 0.0948. The largest absolute Gasteiger partial charge is 0.334 e. The first-order chi connectivity index (χ1) is 13.7. The van der Waals surface area contributed by atoms with Crippen LogP contribution in [0, 0.1) is 11.3 Å². The van der Waals surface area contributed by atoms with Crippen molar-refractivity contribution >= 4 is 17.7 Å². The average Bonchev–Trinajstić information content (AvgIpc) is 2.77. The van der Waals surface area contributed by atoms with Gasteiger partial charge in [0.25, 0.3) is 5.91 Å². The highest BCUT2D eigenvalue weighted by molar-refractivity contribution is 7.98. The Morgan fingerprint density at radius 1 is 0.964 bits per heavy atom. The summed E-state index contributed by atoms with van der Waals surface area (Å²) in [6.07, 6.45) is 0.905. The van der Waals surface area contributed by atoms with Gasteiger partial charge in [-0.25, -0.2) is 0 Å². The van der Waals surface area contributed by atoms with Crippen LogP contribution in [-0.2, 0) is 18.7 Å². The van der Waals surface area contributed by atoms with Crippen molar-refractivity contribution in [1.29, 1.82) is 5.26 Å². The lowest BCUT2D eigenvalue weighted by molar-refractivity contribution is 0.0731. The SMILES string of the molecule is N#Cc1ccc(CSc2ccccc2C(=O)N2CCc3ccccc3C2)cc1. The third-order valence-electron chi connectivity index (χ3n) is 5.01. The number of fused-ring (bicyclic) bond motifs is 1. The van der Waals surface area contributed by atoms with Crippen LogP contribution >= 0.6 is 11.8 Å². The van der Waals surface area contributed by atoms with Crippen molar-refractivity contribution in [1.82, 2.24) is 4.90 Å². The summed E-state index contributed by atoms with van der Waals surface area (Å²) in [4.78, 5) is 16.1. The van der Waals surface area contributed by atoms with Crippen molar-refractivity contribution in [3.63, 3.8) is 0 Å². The first-order valence-corrected chi connectivity index (χ1v) is 10.3. The van der Waals surface area contributed by atoms with Crippen LogP contribution in [0.15, 0.2) is 77.7 Å². The number of carbonyl (C=O) groups is 1. The van der Waals surface area contributed by atoms with E-state index in [2.05, 4.69) is 24.3 Å². The minimum Gasteiger partial charge on any atom is -0.334 e. The quantitative estimate of drug-likeness (QED) is 0.591. The molecule has 0 saturated carbocycles. The average molecular weight is 385 g/mol. The normalized spacial score (nSPS) is 12.9. The van der Waals surface area contributed by atoms with E-state index in [1.807, 2.05) is 59.5 Å². The number of hydrogen-bond donors (Lipinski definition) is 0. The molecule has 3 nitrogen and oxygen atoms in total. The third-order valence-corrected chi connectivity index (χ3v) is 6.16. The first kappa shape index (κ1) is 18.3. The summed E-state index contributed by atoms with van der Waals surface area (Å²) in [7, 11) is 0. The van der Waals surface area contributed by atoms with Crippen molar-refractivity contribution in [3.05, 3.63) is 101 Å². The summed E-state index contributed by atoms with van der Waals surface area (Å²) in [5.74, 6) is 0.858. The van der Waals surface area contributed by atoms with Gasteiger partial charge in [-0.1, -0.05) is 48.5 Å². The molecule has 0 radical (unpaired) electrons. The highest BCUT2D eigenvalue weighted by Gasteiger charge is 2.23. The topological polar surface area (TPSA) is 44.1 Å². The fourth-order valence-corrected chi connectivity index (χ4v) is 4.45. The lowest BCUT2D eigenvalue weighted by Gasteiger charge is -2.29. The van der Waals surface area contributed by atoms with E-state index in [9.17, 15) is 4.79 Å². The van der Waals surface area contributed by atoms with Gasteiger partial charge in [-0.2, -0.15) is 5.26 Å². The number of amides is 1. The van der Waals surface area contributed by atoms with Crippen LogP contribution in [0.1, 0.15) is 32.6 Å². The zero-order chi connectivity index (χ0) is 19.3. The van der Waals surface area contributed by atoms with E-state index >= 15 is 0 Å². The van der Waals surface area contributed by atoms with Gasteiger partial charge in [0.05, 0.1) is 17.2 Å². The van der Waals surface area contributed by atoms with Gasteiger partial charge in [0.1, 0.15) is 0 Å². The number of rotatable bonds is 4. The molecule has 0 N–H and O–H groups in total. The molecule has 0 aliphatic carbocycles. The highest BCUT2D eigenvalue weighted by Crippen LogP contribution is 2.29. The number of nitriles is 1. The molecule has 3 aromatic carbocycles. The molecule has 0 saturated heterocycles. The Labute approximate surface area is 169 Å². The molecule has 28 heavy (non-hydrogen) atoms. The van der Waals surface area contributed by atoms with Crippen molar-refractivity contribution in [2.24, 2.45) is 0 Å². The maximum atomic E-state index is 13.2. The second-order valence-corrected chi connectivity index (χ2v) is 7.86. The van der Waals surface area contributed by atoms with E-state index in [1.54, 1.807) is 11.8 Å². The zero-order valence-corrected chi connectivity index (χ0v) is 16.3. The van der Waals surface area contributed by atoms with Gasteiger partial charge >= 0.3 is 0 Å². The molecule has 0 spiro atoms. The van der Waals surface area contributed by atoms with E-state index in [1.165, 1.54) is 11.1 Å². The second-order valence-electron chi connectivity index (χ2n) is 6.84. The summed E-state index contributed by atoms with van der Waals surface area (Å²) in [5.41, 5.74) is 5.15. The number of thioether (sulfide) groups is 1. The van der Waals surface area contributed by atoms with Crippen LogP contribution < -0.4 is 0 Å². The molecule has 1 heterocycles. The molecule has 0 unspecified atom stereocenters. The van der Waals surface area contributed by atoms with Crippen LogP contribution in [0.2, 0.25) is 0 Å². The predicted molar refractivity (Wildman–Crippen MR) is 112 cm³/mol. The number of carbonyl (C=O) groups excluding carboxylic acids is 1. The zero-order valence-electron chi connectivity index (χ0n) is 15.5. The summed E-state index contributed by atoms with van der Waals surface area (Å²) < 4.78 is 0. The second kappa shape index (κ2) is 8.33. The van der Waals surface area contributed by atoms with Gasteiger partial charge in [0.2, 0.25) is 0 Å². The Morgan fingerprint density at radius 2 is 1.68 bits per heavy atom. The van der Waals surface area contributed by atoms with Crippen molar-refractivity contribution in [3.8, 4) is 6.07 Å². The monoisotopic (exact) mass is 384 g/mol. The summed E-state index contributed by atoms with van der Waals surface area (Å²) in [6, 6.07) is 25.9. The van der Waals surface area contributed by atoms with E-state index in [4.69, 9.17) is 5.26 Å². The molecule has 0 aromatic heterocycles. The van der Waals surface area contributed by atoms with Crippen LogP contribution in [0.5, 0.6) is 0 Å². The van der Waals surface area contributed by atoms with Gasteiger partial charge in [0.15, 0.2) is 0 Å². The Bertz CT molecular complexity index is 1040. The molecule has 4 heteroatoms. The first-order valence-electron chi connectivity index (χ1n) is 9.31. The molecular weight excluding hydrogens is 364 g/mol. The molecule has 3 aromatic rings. The van der Waals surface area contributed by atoms with Crippen molar-refractivity contribution in [2.75, 3.05) is 6.54 Å². The molecule has 1 aliphatic heterocycles. The van der Waals surface area contributed by atoms with Crippen molar-refractivity contribution in [2.45, 2.75) is 23.6 Å². The van der Waals surface area contributed by atoms with Crippen molar-refractivity contribution < 1.29 is 4.79 Å². The maximum absolute atomic E-state index is 13.2. The van der Waals surface area contributed by atoms with Gasteiger partial charge in [0, 0.05) is 23.7 Å². The lowest BCUT2D eigenvalue weighted by Crippen LogP contribution is -2.36. The fourth-order valence-electron chi connectivity index (χ4n) is 3.45. The fraction of sp³-hybridized carbons (Fsp3) is 0.167. The highest BCUT2D eigenvalue weighted by atomic mass is 32.2. The summed E-state index contributed by atoms with van der Waals surface area (Å²) in [6.45, 7) is 1.42. The molecule has 0 fully saturated rings. The van der Waals surface area contributed by atoms with Crippen LogP contribution in [0.3, 0.4) is 0 Å². The van der Waals surface area contributed by atoms with E-state index < -0.39 is 0 Å². The molecule has 0 atom stereocenters. The Kier molecular flexibility index (Phi) is 5.45. The standard InChI is InChI=1S/C24H20N2OS/c25-15-18-9-11-19(12-10-18)17-28-23-8-4-3-7-22(23)24(27)26-14-13-20-5-1-2-6-21(20)16-26/h1-12H,13-14,16-17H2. The molecule has 138 valence electrons. The molecular formula is C24H20N2OS. The number of benzene rings is 3. The smallest absolute Gasteiger partial charge is 0.255 e. The van der Waals surface area contributed by atoms with E-state index in [0.717, 1.165) is 34.7 Å². The molecule has 1 amide bonds. The molecule has 0 bridgehead atoms. The van der Waals surface area contributed by atoms with Gasteiger partial charge in [-0.3, -0.25) is 4.79 Å². The summed E-state index contributed by atoms with van der Waals surface area (Å²) in [5, 5.41) is 8.92. The van der Waals surface area contributed by atoms with Crippen LogP contribution in [0.4, 0.5) is 0 Å². The van der Waals surface area contributed by atoms with Crippen LogP contribution in [0.25, 0.3) is 0 Å². The molecule has 1 aliphatic rings. The predicted octanol–water partition coefficient (Wildman–Crippen LogP) is 5.05. The lowest BCUT2D eigenvalue weighted by atomic mass is 9.99. The Hall–Kier alpha value is -3.03. The maximum Gasteiger partial charge on any atom is 0.255 e. The van der Waals surface area contributed by atoms with Crippen LogP contribution in [-0.4, -0.2) is 17.4 Å².